The molecule has 0 aromatic heterocycles. The van der Waals surface area contributed by atoms with Crippen molar-refractivity contribution in [2.45, 2.75) is 12.8 Å². The summed E-state index contributed by atoms with van der Waals surface area (Å²) in [6.07, 6.45) is 1.14. The first-order chi connectivity index (χ1) is 10.6. The molecule has 23 heavy (non-hydrogen) atoms. The summed E-state index contributed by atoms with van der Waals surface area (Å²) >= 11 is 0. The summed E-state index contributed by atoms with van der Waals surface area (Å²) in [7, 11) is 2.10. The highest BCUT2D eigenvalue weighted by atomic mass is 35.5. The lowest BCUT2D eigenvalue weighted by Crippen LogP contribution is -2.47. The van der Waals surface area contributed by atoms with Crippen molar-refractivity contribution >= 4 is 35.6 Å². The molecule has 2 aliphatic heterocycles. The number of rotatable bonds is 3. The van der Waals surface area contributed by atoms with Crippen LogP contribution in [0, 0.1) is 0 Å². The average molecular weight is 339 g/mol. The zero-order chi connectivity index (χ0) is 15.5. The van der Waals surface area contributed by atoms with Crippen LogP contribution in [0.2, 0.25) is 0 Å². The Morgan fingerprint density at radius 2 is 1.96 bits per heavy atom. The second-order valence-electron chi connectivity index (χ2n) is 6.01. The van der Waals surface area contributed by atoms with Crippen LogP contribution in [-0.4, -0.2) is 61.4 Å². The molecule has 0 aliphatic carbocycles. The van der Waals surface area contributed by atoms with Crippen molar-refractivity contribution in [1.82, 2.24) is 9.80 Å². The van der Waals surface area contributed by atoms with Crippen LogP contribution in [0.1, 0.15) is 12.0 Å². The first-order valence-corrected chi connectivity index (χ1v) is 7.74. The summed E-state index contributed by atoms with van der Waals surface area (Å²) < 4.78 is 0. The minimum Gasteiger partial charge on any atom is -0.326 e. The van der Waals surface area contributed by atoms with Crippen molar-refractivity contribution in [1.29, 1.82) is 0 Å². The molecule has 0 radical (unpaired) electrons. The summed E-state index contributed by atoms with van der Waals surface area (Å²) in [5.74, 6) is 0.0447. The molecule has 0 spiro atoms. The number of hydrogen-bond donors (Lipinski definition) is 2. The van der Waals surface area contributed by atoms with Crippen LogP contribution in [0.5, 0.6) is 0 Å². The fraction of sp³-hybridized carbons (Fsp3) is 0.500. The molecule has 3 rings (SSSR count). The van der Waals surface area contributed by atoms with Crippen molar-refractivity contribution in [3.63, 3.8) is 0 Å². The Hall–Kier alpha value is -1.63. The SMILES string of the molecule is CN1CCN(CC(=O)Nc2cccc3c2CCC(=O)N3)CC1.Cl. The molecule has 2 amide bonds. The number of fused-ring (bicyclic) bond motifs is 1. The molecule has 2 aliphatic rings. The molecule has 126 valence electrons. The first-order valence-electron chi connectivity index (χ1n) is 7.74. The number of amides is 2. The Balaban J connectivity index is 0.00000192. The number of carbonyl (C=O) groups excluding carboxylic acids is 2. The molecular formula is C16H23ClN4O2. The molecule has 7 heteroatoms. The third-order valence-corrected chi connectivity index (χ3v) is 4.29. The second-order valence-corrected chi connectivity index (χ2v) is 6.01. The fourth-order valence-corrected chi connectivity index (χ4v) is 2.94. The highest BCUT2D eigenvalue weighted by Gasteiger charge is 2.20. The van der Waals surface area contributed by atoms with E-state index in [9.17, 15) is 9.59 Å². The number of nitrogens with one attached hydrogen (secondary N) is 2. The number of nitrogens with zero attached hydrogens (tertiary/aromatic N) is 2. The quantitative estimate of drug-likeness (QED) is 0.868. The number of piperazine rings is 1. The Kier molecular flexibility index (Phi) is 5.98. The number of halogens is 1. The molecule has 1 fully saturated rings. The van der Waals surface area contributed by atoms with Gasteiger partial charge in [-0.3, -0.25) is 14.5 Å². The van der Waals surface area contributed by atoms with Gasteiger partial charge >= 0.3 is 0 Å². The van der Waals surface area contributed by atoms with Gasteiger partial charge in [-0.2, -0.15) is 0 Å². The summed E-state index contributed by atoms with van der Waals surface area (Å²) in [6.45, 7) is 4.27. The molecule has 2 N–H and O–H groups in total. The summed E-state index contributed by atoms with van der Waals surface area (Å²) in [5, 5.41) is 5.85. The molecule has 1 aromatic carbocycles. The van der Waals surface area contributed by atoms with E-state index >= 15 is 0 Å². The molecular weight excluding hydrogens is 316 g/mol. The van der Waals surface area contributed by atoms with E-state index in [4.69, 9.17) is 0 Å². The molecule has 0 atom stereocenters. The molecule has 0 bridgehead atoms. The predicted molar refractivity (Wildman–Crippen MR) is 93.2 cm³/mol. The predicted octanol–water partition coefficient (Wildman–Crippen LogP) is 1.18. The maximum atomic E-state index is 12.3. The van der Waals surface area contributed by atoms with E-state index in [2.05, 4.69) is 27.5 Å². The second kappa shape index (κ2) is 7.77. The standard InChI is InChI=1S/C16H22N4O2.ClH/c1-19-7-9-20(10-8-19)11-16(22)18-14-4-2-3-13-12(14)5-6-15(21)17-13;/h2-4H,5-11H2,1H3,(H,17,21)(H,18,22);1H. The highest BCUT2D eigenvalue weighted by Crippen LogP contribution is 2.29. The van der Waals surface area contributed by atoms with Gasteiger partial charge in [0.2, 0.25) is 11.8 Å². The van der Waals surface area contributed by atoms with Gasteiger partial charge in [-0.1, -0.05) is 6.07 Å². The van der Waals surface area contributed by atoms with Crippen LogP contribution in [0.4, 0.5) is 11.4 Å². The van der Waals surface area contributed by atoms with Gasteiger partial charge < -0.3 is 15.5 Å². The van der Waals surface area contributed by atoms with Gasteiger partial charge in [0, 0.05) is 44.0 Å². The van der Waals surface area contributed by atoms with Crippen molar-refractivity contribution in [3.05, 3.63) is 23.8 Å². The Morgan fingerprint density at radius 3 is 2.70 bits per heavy atom. The van der Waals surface area contributed by atoms with E-state index in [1.165, 1.54) is 0 Å². The molecule has 1 aromatic rings. The van der Waals surface area contributed by atoms with Gasteiger partial charge in [-0.25, -0.2) is 0 Å². The monoisotopic (exact) mass is 338 g/mol. The Morgan fingerprint density at radius 1 is 1.22 bits per heavy atom. The van der Waals surface area contributed by atoms with Crippen LogP contribution in [0.3, 0.4) is 0 Å². The van der Waals surface area contributed by atoms with Crippen molar-refractivity contribution in [2.75, 3.05) is 50.4 Å². The number of anilines is 2. The largest absolute Gasteiger partial charge is 0.326 e. The van der Waals surface area contributed by atoms with E-state index in [1.807, 2.05) is 18.2 Å². The average Bonchev–Trinajstić information content (AvgIpc) is 2.49. The maximum Gasteiger partial charge on any atom is 0.238 e. The minimum absolute atomic E-state index is 0. The Labute approximate surface area is 142 Å². The van der Waals surface area contributed by atoms with Crippen molar-refractivity contribution in [2.24, 2.45) is 0 Å². The summed E-state index contributed by atoms with van der Waals surface area (Å²) in [4.78, 5) is 28.1. The minimum atomic E-state index is 0. The maximum absolute atomic E-state index is 12.3. The van der Waals surface area contributed by atoms with Crippen molar-refractivity contribution in [3.8, 4) is 0 Å². The van der Waals surface area contributed by atoms with E-state index < -0.39 is 0 Å². The van der Waals surface area contributed by atoms with Crippen LogP contribution in [-0.2, 0) is 16.0 Å². The molecule has 2 heterocycles. The van der Waals surface area contributed by atoms with E-state index in [1.54, 1.807) is 0 Å². The van der Waals surface area contributed by atoms with Gasteiger partial charge in [0.05, 0.1) is 6.54 Å². The van der Waals surface area contributed by atoms with Gasteiger partial charge in [0.1, 0.15) is 0 Å². The number of likely N-dealkylation sites (N-methyl/N-ethyl adjacent to an activating group) is 1. The van der Waals surface area contributed by atoms with Gasteiger partial charge in [0.25, 0.3) is 0 Å². The van der Waals surface area contributed by atoms with Crippen LogP contribution < -0.4 is 10.6 Å². The normalized spacial score (nSPS) is 18.6. The number of benzene rings is 1. The molecule has 0 unspecified atom stereocenters. The molecule has 0 saturated carbocycles. The van der Waals surface area contributed by atoms with Crippen LogP contribution >= 0.6 is 12.4 Å². The lowest BCUT2D eigenvalue weighted by molar-refractivity contribution is -0.118. The van der Waals surface area contributed by atoms with E-state index in [0.29, 0.717) is 19.4 Å². The lowest BCUT2D eigenvalue weighted by atomic mass is 10.0. The molecule has 6 nitrogen and oxygen atoms in total. The first kappa shape index (κ1) is 17.7. The van der Waals surface area contributed by atoms with Crippen LogP contribution in [0.25, 0.3) is 0 Å². The topological polar surface area (TPSA) is 64.7 Å². The third-order valence-electron chi connectivity index (χ3n) is 4.29. The lowest BCUT2D eigenvalue weighted by Gasteiger charge is -2.31. The van der Waals surface area contributed by atoms with E-state index in [0.717, 1.165) is 43.1 Å². The van der Waals surface area contributed by atoms with Crippen molar-refractivity contribution < 1.29 is 9.59 Å². The Bertz CT molecular complexity index is 585. The zero-order valence-electron chi connectivity index (χ0n) is 13.3. The number of hydrogen-bond acceptors (Lipinski definition) is 4. The summed E-state index contributed by atoms with van der Waals surface area (Å²) in [5.41, 5.74) is 2.65. The summed E-state index contributed by atoms with van der Waals surface area (Å²) in [6, 6.07) is 5.64. The zero-order valence-corrected chi connectivity index (χ0v) is 14.1. The van der Waals surface area contributed by atoms with Gasteiger partial charge in [0.15, 0.2) is 0 Å². The third kappa shape index (κ3) is 4.43. The van der Waals surface area contributed by atoms with Gasteiger partial charge in [-0.15, -0.1) is 12.4 Å². The number of carbonyl (C=O) groups is 2. The highest BCUT2D eigenvalue weighted by molar-refractivity contribution is 5.98. The van der Waals surface area contributed by atoms with Gasteiger partial charge in [-0.05, 0) is 31.2 Å². The fourth-order valence-electron chi connectivity index (χ4n) is 2.94. The molecule has 1 saturated heterocycles. The van der Waals surface area contributed by atoms with Crippen LogP contribution in [0.15, 0.2) is 18.2 Å². The smallest absolute Gasteiger partial charge is 0.238 e. The van der Waals surface area contributed by atoms with E-state index in [-0.39, 0.29) is 24.2 Å².